The molecule has 0 aliphatic carbocycles. The molecule has 6 heteroatoms. The van der Waals surface area contributed by atoms with E-state index < -0.39 is 11.0 Å². The van der Waals surface area contributed by atoms with Crippen LogP contribution in [-0.2, 0) is 0 Å². The average Bonchev–Trinajstić information content (AvgIpc) is 2.59. The molecular weight excluding hydrogens is 306 g/mol. The molecule has 3 aromatic rings. The SMILES string of the molecule is Cc1cc(NCC(O)c2ccccc2)c2cc([N+](=O)[O-])ccc2n1. The van der Waals surface area contributed by atoms with E-state index in [1.807, 2.05) is 43.3 Å². The fourth-order valence-corrected chi connectivity index (χ4v) is 2.61. The standard InChI is InChI=1S/C18H17N3O3/c1-12-9-17(19-11-18(22)13-5-3-2-4-6-13)15-10-14(21(23)24)7-8-16(15)20-12/h2-10,18,22H,11H2,1H3,(H,19,20). The minimum atomic E-state index is -0.673. The summed E-state index contributed by atoms with van der Waals surface area (Å²) in [6.45, 7) is 2.16. The topological polar surface area (TPSA) is 88.3 Å². The van der Waals surface area contributed by atoms with Crippen LogP contribution in [0, 0.1) is 17.0 Å². The van der Waals surface area contributed by atoms with Gasteiger partial charge in [-0.15, -0.1) is 0 Å². The van der Waals surface area contributed by atoms with Gasteiger partial charge in [-0.3, -0.25) is 15.1 Å². The maximum Gasteiger partial charge on any atom is 0.270 e. The van der Waals surface area contributed by atoms with Gasteiger partial charge in [0.1, 0.15) is 0 Å². The first kappa shape index (κ1) is 15.9. The van der Waals surface area contributed by atoms with Gasteiger partial charge in [-0.05, 0) is 24.6 Å². The molecule has 0 bridgehead atoms. The first-order valence-corrected chi connectivity index (χ1v) is 7.57. The van der Waals surface area contributed by atoms with Crippen molar-refractivity contribution in [2.24, 2.45) is 0 Å². The zero-order valence-corrected chi connectivity index (χ0v) is 13.1. The molecule has 0 fully saturated rings. The van der Waals surface area contributed by atoms with E-state index in [1.54, 1.807) is 6.07 Å². The molecule has 0 saturated heterocycles. The number of aliphatic hydroxyl groups is 1. The molecule has 24 heavy (non-hydrogen) atoms. The zero-order chi connectivity index (χ0) is 17.1. The molecule has 0 aliphatic rings. The van der Waals surface area contributed by atoms with E-state index in [2.05, 4.69) is 10.3 Å². The summed E-state index contributed by atoms with van der Waals surface area (Å²) in [6.07, 6.45) is -0.673. The summed E-state index contributed by atoms with van der Waals surface area (Å²) >= 11 is 0. The molecule has 1 aromatic heterocycles. The Hall–Kier alpha value is -2.99. The Morgan fingerprint density at radius 1 is 1.21 bits per heavy atom. The Bertz CT molecular complexity index is 881. The van der Waals surface area contributed by atoms with Gasteiger partial charge in [-0.2, -0.15) is 0 Å². The Morgan fingerprint density at radius 3 is 2.67 bits per heavy atom. The van der Waals surface area contributed by atoms with Gasteiger partial charge in [-0.1, -0.05) is 30.3 Å². The number of nitro groups is 1. The molecule has 1 unspecified atom stereocenters. The molecule has 1 heterocycles. The van der Waals surface area contributed by atoms with E-state index in [4.69, 9.17) is 0 Å². The van der Waals surface area contributed by atoms with Crippen LogP contribution in [0.1, 0.15) is 17.4 Å². The summed E-state index contributed by atoms with van der Waals surface area (Å²) in [6, 6.07) is 15.7. The van der Waals surface area contributed by atoms with E-state index in [9.17, 15) is 15.2 Å². The third-order valence-electron chi connectivity index (χ3n) is 3.80. The highest BCUT2D eigenvalue weighted by Gasteiger charge is 2.12. The van der Waals surface area contributed by atoms with Gasteiger partial charge in [0.05, 0.1) is 16.5 Å². The molecule has 122 valence electrons. The van der Waals surface area contributed by atoms with Crippen molar-refractivity contribution in [3.8, 4) is 0 Å². The summed E-state index contributed by atoms with van der Waals surface area (Å²) in [5.41, 5.74) is 3.02. The quantitative estimate of drug-likeness (QED) is 0.553. The Balaban J connectivity index is 1.90. The molecular formula is C18H17N3O3. The maximum atomic E-state index is 11.0. The Labute approximate surface area is 138 Å². The number of anilines is 1. The minimum absolute atomic E-state index is 0.0137. The summed E-state index contributed by atoms with van der Waals surface area (Å²) < 4.78 is 0. The molecule has 2 N–H and O–H groups in total. The predicted molar refractivity (Wildman–Crippen MR) is 93.0 cm³/mol. The number of benzene rings is 2. The third-order valence-corrected chi connectivity index (χ3v) is 3.80. The summed E-state index contributed by atoms with van der Waals surface area (Å²) in [5, 5.41) is 25.1. The fraction of sp³-hybridized carbons (Fsp3) is 0.167. The van der Waals surface area contributed by atoms with Crippen molar-refractivity contribution in [1.29, 1.82) is 0 Å². The van der Waals surface area contributed by atoms with Crippen LogP contribution in [0.15, 0.2) is 54.6 Å². The number of pyridine rings is 1. The number of aromatic nitrogens is 1. The van der Waals surface area contributed by atoms with E-state index in [-0.39, 0.29) is 5.69 Å². The van der Waals surface area contributed by atoms with Crippen LogP contribution in [0.2, 0.25) is 0 Å². The first-order valence-electron chi connectivity index (χ1n) is 7.57. The van der Waals surface area contributed by atoms with Crippen LogP contribution in [0.25, 0.3) is 10.9 Å². The lowest BCUT2D eigenvalue weighted by Gasteiger charge is -2.15. The van der Waals surface area contributed by atoms with Crippen molar-refractivity contribution in [3.63, 3.8) is 0 Å². The minimum Gasteiger partial charge on any atom is -0.387 e. The summed E-state index contributed by atoms with van der Waals surface area (Å²) in [4.78, 5) is 15.0. The number of aliphatic hydroxyl groups excluding tert-OH is 1. The molecule has 6 nitrogen and oxygen atoms in total. The molecule has 0 aliphatic heterocycles. The lowest BCUT2D eigenvalue weighted by atomic mass is 10.1. The normalized spacial score (nSPS) is 12.1. The molecule has 0 amide bonds. The van der Waals surface area contributed by atoms with Crippen molar-refractivity contribution >= 4 is 22.3 Å². The molecule has 0 spiro atoms. The van der Waals surface area contributed by atoms with E-state index in [0.717, 1.165) is 16.9 Å². The average molecular weight is 323 g/mol. The lowest BCUT2D eigenvalue weighted by Crippen LogP contribution is -2.12. The Morgan fingerprint density at radius 2 is 1.96 bits per heavy atom. The number of hydrogen-bond acceptors (Lipinski definition) is 5. The zero-order valence-electron chi connectivity index (χ0n) is 13.1. The van der Waals surface area contributed by atoms with E-state index >= 15 is 0 Å². The number of nitrogens with one attached hydrogen (secondary N) is 1. The van der Waals surface area contributed by atoms with Crippen molar-refractivity contribution < 1.29 is 10.0 Å². The second kappa shape index (κ2) is 6.64. The molecule has 1 atom stereocenters. The van der Waals surface area contributed by atoms with Crippen LogP contribution < -0.4 is 5.32 Å². The van der Waals surface area contributed by atoms with Gasteiger partial charge in [0.2, 0.25) is 0 Å². The van der Waals surface area contributed by atoms with Gasteiger partial charge in [-0.25, -0.2) is 0 Å². The largest absolute Gasteiger partial charge is 0.387 e. The van der Waals surface area contributed by atoms with Crippen molar-refractivity contribution in [3.05, 3.63) is 76.0 Å². The molecule has 3 rings (SSSR count). The van der Waals surface area contributed by atoms with Gasteiger partial charge >= 0.3 is 0 Å². The van der Waals surface area contributed by atoms with Crippen LogP contribution in [0.4, 0.5) is 11.4 Å². The highest BCUT2D eigenvalue weighted by Crippen LogP contribution is 2.27. The molecule has 2 aromatic carbocycles. The number of fused-ring (bicyclic) bond motifs is 1. The second-order valence-electron chi connectivity index (χ2n) is 5.58. The van der Waals surface area contributed by atoms with Gasteiger partial charge in [0.15, 0.2) is 0 Å². The predicted octanol–water partition coefficient (Wildman–Crippen LogP) is 3.60. The third kappa shape index (κ3) is 3.33. The maximum absolute atomic E-state index is 11.0. The van der Waals surface area contributed by atoms with Crippen molar-refractivity contribution in [1.82, 2.24) is 4.98 Å². The monoisotopic (exact) mass is 323 g/mol. The molecule has 0 saturated carbocycles. The smallest absolute Gasteiger partial charge is 0.270 e. The van der Waals surface area contributed by atoms with E-state index in [0.29, 0.717) is 17.4 Å². The highest BCUT2D eigenvalue weighted by atomic mass is 16.6. The number of aryl methyl sites for hydroxylation is 1. The Kier molecular flexibility index (Phi) is 4.39. The van der Waals surface area contributed by atoms with Gasteiger partial charge in [0, 0.05) is 35.4 Å². The number of nitrogens with zero attached hydrogens (tertiary/aromatic N) is 2. The van der Waals surface area contributed by atoms with Crippen LogP contribution in [0.5, 0.6) is 0 Å². The first-order chi connectivity index (χ1) is 11.5. The number of hydrogen-bond donors (Lipinski definition) is 2. The summed E-state index contributed by atoms with van der Waals surface area (Å²) in [5.74, 6) is 0. The summed E-state index contributed by atoms with van der Waals surface area (Å²) in [7, 11) is 0. The van der Waals surface area contributed by atoms with Crippen LogP contribution in [-0.4, -0.2) is 21.6 Å². The highest BCUT2D eigenvalue weighted by molar-refractivity contribution is 5.93. The second-order valence-corrected chi connectivity index (χ2v) is 5.58. The number of non-ortho nitro benzene ring substituents is 1. The fourth-order valence-electron chi connectivity index (χ4n) is 2.61. The molecule has 0 radical (unpaired) electrons. The number of nitro benzene ring substituents is 1. The van der Waals surface area contributed by atoms with Gasteiger partial charge < -0.3 is 10.4 Å². The van der Waals surface area contributed by atoms with Gasteiger partial charge in [0.25, 0.3) is 5.69 Å². The lowest BCUT2D eigenvalue weighted by molar-refractivity contribution is -0.384. The van der Waals surface area contributed by atoms with E-state index in [1.165, 1.54) is 12.1 Å². The van der Waals surface area contributed by atoms with Crippen molar-refractivity contribution in [2.45, 2.75) is 13.0 Å². The van der Waals surface area contributed by atoms with Crippen molar-refractivity contribution in [2.75, 3.05) is 11.9 Å². The number of rotatable bonds is 5. The van der Waals surface area contributed by atoms with Crippen LogP contribution >= 0.6 is 0 Å². The van der Waals surface area contributed by atoms with Crippen LogP contribution in [0.3, 0.4) is 0 Å².